The predicted octanol–water partition coefficient (Wildman–Crippen LogP) is 5.45. The van der Waals surface area contributed by atoms with Gasteiger partial charge in [0.25, 0.3) is 0 Å². The van der Waals surface area contributed by atoms with Gasteiger partial charge in [0, 0.05) is 0 Å². The van der Waals surface area contributed by atoms with Crippen LogP contribution in [0.15, 0.2) is 24.3 Å². The Hall–Kier alpha value is -1.35. The summed E-state index contributed by atoms with van der Waals surface area (Å²) < 4.78 is 25.0. The number of hydrogen-bond acceptors (Lipinski definition) is 5. The van der Waals surface area contributed by atoms with Crippen LogP contribution in [0.25, 0.3) is 0 Å². The van der Waals surface area contributed by atoms with Crippen molar-refractivity contribution in [2.24, 2.45) is 0 Å². The first-order chi connectivity index (χ1) is 15.2. The zero-order valence-corrected chi connectivity index (χ0v) is 24.3. The number of amides is 1. The average molecular weight is 490 g/mol. The Morgan fingerprint density at radius 1 is 0.941 bits per heavy atom. The van der Waals surface area contributed by atoms with E-state index in [9.17, 15) is 4.79 Å². The summed E-state index contributed by atoms with van der Waals surface area (Å²) in [5.41, 5.74) is 0.204. The molecule has 2 saturated heterocycles. The fourth-order valence-electron chi connectivity index (χ4n) is 3.90. The lowest BCUT2D eigenvalue weighted by Gasteiger charge is -2.54. The van der Waals surface area contributed by atoms with Crippen molar-refractivity contribution in [3.63, 3.8) is 0 Å². The molecule has 0 bridgehead atoms. The number of nitrogens with zero attached hydrogens (tertiary/aromatic N) is 1. The second-order valence-corrected chi connectivity index (χ2v) is 18.1. The van der Waals surface area contributed by atoms with Crippen LogP contribution in [0, 0.1) is 0 Å². The fourth-order valence-corrected chi connectivity index (χ4v) is 5.43. The smallest absolute Gasteiger partial charge is 0.444 e. The third-order valence-electron chi connectivity index (χ3n) is 7.76. The minimum absolute atomic E-state index is 0.0506. The molecule has 0 spiro atoms. The number of ether oxygens (including phenoxy) is 1. The van der Waals surface area contributed by atoms with E-state index < -0.39 is 26.6 Å². The number of carbonyl (C=O) groups is 1. The van der Waals surface area contributed by atoms with Gasteiger partial charge in [0.2, 0.25) is 0 Å². The number of rotatable bonds is 4. The molecule has 0 saturated carbocycles. The van der Waals surface area contributed by atoms with Crippen LogP contribution in [0.1, 0.15) is 74.8 Å². The Balaban J connectivity index is 1.86. The highest BCUT2D eigenvalue weighted by molar-refractivity contribution is 6.74. The molecule has 0 aromatic heterocycles. The maximum Gasteiger partial charge on any atom is 0.494 e. The summed E-state index contributed by atoms with van der Waals surface area (Å²) in [5.74, 6) is 0. The van der Waals surface area contributed by atoms with Gasteiger partial charge < -0.3 is 23.4 Å². The van der Waals surface area contributed by atoms with E-state index in [0.29, 0.717) is 13.1 Å². The molecule has 0 atom stereocenters. The van der Waals surface area contributed by atoms with Crippen molar-refractivity contribution < 1.29 is 23.3 Å². The lowest BCUT2D eigenvalue weighted by atomic mass is 9.77. The standard InChI is InChI=1S/C26H44BNO5Si/c1-22(2,3)30-21(29)28-17-26(18-28,33-34(11,12)23(4,5)6)19-13-15-20(16-14-19)27-31-24(7,8)25(9,10)32-27/h13-16H,17-18H2,1-12H3. The second-order valence-electron chi connectivity index (χ2n) is 13.4. The molecule has 3 rings (SSSR count). The SMILES string of the molecule is CC(C)(C)OC(=O)N1CC(O[Si](C)(C)C(C)(C)C)(c2ccc(B3OC(C)(C)C(C)(C)O3)cc2)C1. The molecule has 2 fully saturated rings. The summed E-state index contributed by atoms with van der Waals surface area (Å²) in [7, 11) is -2.52. The Bertz CT molecular complexity index is 893. The third-order valence-corrected chi connectivity index (χ3v) is 12.3. The van der Waals surface area contributed by atoms with Crippen LogP contribution in [0.5, 0.6) is 0 Å². The summed E-state index contributed by atoms with van der Waals surface area (Å²) in [4.78, 5) is 14.4. The van der Waals surface area contributed by atoms with E-state index in [1.54, 1.807) is 4.90 Å². The first kappa shape index (κ1) is 27.2. The van der Waals surface area contributed by atoms with Gasteiger partial charge in [0.05, 0.1) is 24.3 Å². The van der Waals surface area contributed by atoms with Crippen LogP contribution in [0.3, 0.4) is 0 Å². The van der Waals surface area contributed by atoms with Crippen molar-refractivity contribution in [3.8, 4) is 0 Å². The van der Waals surface area contributed by atoms with Crippen LogP contribution >= 0.6 is 0 Å². The summed E-state index contributed by atoms with van der Waals surface area (Å²) in [6, 6.07) is 8.31. The normalized spacial score (nSPS) is 21.9. The van der Waals surface area contributed by atoms with Crippen molar-refractivity contribution in [1.29, 1.82) is 0 Å². The highest BCUT2D eigenvalue weighted by Crippen LogP contribution is 2.46. The predicted molar refractivity (Wildman–Crippen MR) is 140 cm³/mol. The quantitative estimate of drug-likeness (QED) is 0.526. The monoisotopic (exact) mass is 489 g/mol. The number of hydrogen-bond donors (Lipinski definition) is 0. The molecule has 0 radical (unpaired) electrons. The second kappa shape index (κ2) is 8.36. The first-order valence-corrected chi connectivity index (χ1v) is 15.2. The summed E-state index contributed by atoms with van der Waals surface area (Å²) in [5, 5.41) is 0.0506. The zero-order valence-electron chi connectivity index (χ0n) is 23.3. The van der Waals surface area contributed by atoms with Crippen LogP contribution < -0.4 is 5.46 Å². The highest BCUT2D eigenvalue weighted by Gasteiger charge is 2.55. The number of carbonyl (C=O) groups excluding carboxylic acids is 1. The molecule has 8 heteroatoms. The molecule has 1 aromatic carbocycles. The summed E-state index contributed by atoms with van der Waals surface area (Å²) >= 11 is 0. The molecule has 0 N–H and O–H groups in total. The minimum atomic E-state index is -2.11. The average Bonchev–Trinajstić information content (AvgIpc) is 2.83. The maximum absolute atomic E-state index is 12.7. The van der Waals surface area contributed by atoms with Gasteiger partial charge in [-0.15, -0.1) is 0 Å². The van der Waals surface area contributed by atoms with Crippen LogP contribution in [0.4, 0.5) is 4.79 Å². The number of benzene rings is 1. The third kappa shape index (κ3) is 5.25. The van der Waals surface area contributed by atoms with Crippen LogP contribution in [-0.4, -0.2) is 56.3 Å². The Kier molecular flexibility index (Phi) is 6.70. The van der Waals surface area contributed by atoms with Crippen molar-refractivity contribution in [2.75, 3.05) is 13.1 Å². The molecule has 6 nitrogen and oxygen atoms in total. The molecule has 34 heavy (non-hydrogen) atoms. The highest BCUT2D eigenvalue weighted by atomic mass is 28.4. The minimum Gasteiger partial charge on any atom is -0.444 e. The van der Waals surface area contributed by atoms with Gasteiger partial charge in [-0.25, -0.2) is 4.79 Å². The molecule has 0 aliphatic carbocycles. The largest absolute Gasteiger partial charge is 0.494 e. The first-order valence-electron chi connectivity index (χ1n) is 12.3. The van der Waals surface area contributed by atoms with E-state index >= 15 is 0 Å². The Labute approximate surface area is 207 Å². The molecule has 2 aliphatic rings. The zero-order chi connectivity index (χ0) is 26.0. The van der Waals surface area contributed by atoms with Crippen LogP contribution in [0.2, 0.25) is 18.1 Å². The Morgan fingerprint density at radius 3 is 1.82 bits per heavy atom. The van der Waals surface area contributed by atoms with Gasteiger partial charge in [-0.1, -0.05) is 45.0 Å². The summed E-state index contributed by atoms with van der Waals surface area (Å²) in [6.07, 6.45) is -0.296. The van der Waals surface area contributed by atoms with Gasteiger partial charge in [0.1, 0.15) is 11.2 Å². The van der Waals surface area contributed by atoms with E-state index in [4.69, 9.17) is 18.5 Å². The molecule has 2 heterocycles. The van der Waals surface area contributed by atoms with Gasteiger partial charge in [-0.2, -0.15) is 0 Å². The van der Waals surface area contributed by atoms with Gasteiger partial charge in [-0.3, -0.25) is 0 Å². The molecule has 2 aliphatic heterocycles. The van der Waals surface area contributed by atoms with Crippen molar-refractivity contribution >= 4 is 27.0 Å². The van der Waals surface area contributed by atoms with E-state index in [2.05, 4.69) is 85.8 Å². The van der Waals surface area contributed by atoms with E-state index in [1.165, 1.54) is 0 Å². The van der Waals surface area contributed by atoms with Crippen molar-refractivity contribution in [2.45, 2.75) is 110 Å². The molecule has 190 valence electrons. The molecule has 1 amide bonds. The molecular weight excluding hydrogens is 445 g/mol. The van der Waals surface area contributed by atoms with E-state index in [1.807, 2.05) is 20.8 Å². The van der Waals surface area contributed by atoms with E-state index in [-0.39, 0.29) is 22.3 Å². The van der Waals surface area contributed by atoms with Crippen molar-refractivity contribution in [1.82, 2.24) is 4.90 Å². The van der Waals surface area contributed by atoms with E-state index in [0.717, 1.165) is 11.0 Å². The molecule has 1 aromatic rings. The Morgan fingerprint density at radius 2 is 1.41 bits per heavy atom. The van der Waals surface area contributed by atoms with Crippen molar-refractivity contribution in [3.05, 3.63) is 29.8 Å². The lowest BCUT2D eigenvalue weighted by molar-refractivity contribution is -0.0937. The lowest BCUT2D eigenvalue weighted by Crippen LogP contribution is -2.66. The maximum atomic E-state index is 12.7. The molecule has 0 unspecified atom stereocenters. The fraction of sp³-hybridized carbons (Fsp3) is 0.731. The number of likely N-dealkylation sites (tertiary alicyclic amines) is 1. The van der Waals surface area contributed by atoms with Crippen LogP contribution in [-0.2, 0) is 24.1 Å². The van der Waals surface area contributed by atoms with Gasteiger partial charge in [0.15, 0.2) is 8.32 Å². The summed E-state index contributed by atoms with van der Waals surface area (Å²) in [6.45, 7) is 26.1. The van der Waals surface area contributed by atoms with Gasteiger partial charge >= 0.3 is 13.2 Å². The van der Waals surface area contributed by atoms with Gasteiger partial charge in [-0.05, 0) is 77.6 Å². The topological polar surface area (TPSA) is 57.2 Å². The molecular formula is C26H44BNO5Si.